The van der Waals surface area contributed by atoms with E-state index >= 15 is 0 Å². The lowest BCUT2D eigenvalue weighted by atomic mass is 10.2. The number of carbonyl (C=O) groups is 1. The van der Waals surface area contributed by atoms with Crippen LogP contribution < -0.4 is 16.0 Å². The number of benzene rings is 1. The van der Waals surface area contributed by atoms with Gasteiger partial charge in [0.15, 0.2) is 0 Å². The van der Waals surface area contributed by atoms with Crippen LogP contribution in [-0.2, 0) is 4.79 Å². The van der Waals surface area contributed by atoms with Crippen LogP contribution in [0, 0.1) is 0 Å². The van der Waals surface area contributed by atoms with Gasteiger partial charge >= 0.3 is 0 Å². The Morgan fingerprint density at radius 2 is 2.25 bits per heavy atom. The van der Waals surface area contributed by atoms with Gasteiger partial charge in [-0.15, -0.1) is 0 Å². The number of nitrogens with one attached hydrogen (secondary N) is 1. The molecule has 0 saturated carbocycles. The molecule has 88 valence electrons. The molecule has 0 bridgehead atoms. The van der Waals surface area contributed by atoms with E-state index in [0.717, 1.165) is 5.69 Å². The quantitative estimate of drug-likeness (QED) is 0.786. The summed E-state index contributed by atoms with van der Waals surface area (Å²) in [5.41, 5.74) is 7.26. The van der Waals surface area contributed by atoms with Crippen molar-refractivity contribution in [1.82, 2.24) is 5.32 Å². The second kappa shape index (κ2) is 5.61. The molecule has 0 aromatic heterocycles. The SMILES string of the molecule is CCN(CC(=O)NC)c1cc(Cl)ccc1N. The molecular weight excluding hydrogens is 226 g/mol. The predicted octanol–water partition coefficient (Wildman–Crippen LogP) is 1.49. The Labute approximate surface area is 100 Å². The van der Waals surface area contributed by atoms with Crippen LogP contribution >= 0.6 is 11.6 Å². The average molecular weight is 242 g/mol. The normalized spacial score (nSPS) is 9.94. The van der Waals surface area contributed by atoms with Crippen LogP contribution in [0.4, 0.5) is 11.4 Å². The van der Waals surface area contributed by atoms with Crippen molar-refractivity contribution < 1.29 is 4.79 Å². The first-order valence-electron chi connectivity index (χ1n) is 5.09. The Morgan fingerprint density at radius 1 is 1.56 bits per heavy atom. The second-order valence-corrected chi connectivity index (χ2v) is 3.83. The summed E-state index contributed by atoms with van der Waals surface area (Å²) in [4.78, 5) is 13.2. The molecule has 0 unspecified atom stereocenters. The van der Waals surface area contributed by atoms with E-state index in [-0.39, 0.29) is 12.5 Å². The molecule has 0 spiro atoms. The summed E-state index contributed by atoms with van der Waals surface area (Å²) in [7, 11) is 1.61. The minimum atomic E-state index is -0.0544. The maximum absolute atomic E-state index is 11.3. The van der Waals surface area contributed by atoms with E-state index in [4.69, 9.17) is 17.3 Å². The summed E-state index contributed by atoms with van der Waals surface area (Å²) in [6.45, 7) is 2.93. The van der Waals surface area contributed by atoms with Crippen molar-refractivity contribution in [3.05, 3.63) is 23.2 Å². The van der Waals surface area contributed by atoms with E-state index in [0.29, 0.717) is 17.3 Å². The van der Waals surface area contributed by atoms with Crippen LogP contribution in [-0.4, -0.2) is 26.0 Å². The van der Waals surface area contributed by atoms with Gasteiger partial charge in [-0.1, -0.05) is 11.6 Å². The van der Waals surface area contributed by atoms with E-state index < -0.39 is 0 Å². The molecule has 0 atom stereocenters. The number of rotatable bonds is 4. The van der Waals surface area contributed by atoms with Gasteiger partial charge in [0.25, 0.3) is 0 Å². The predicted molar refractivity (Wildman–Crippen MR) is 67.8 cm³/mol. The van der Waals surface area contributed by atoms with E-state index in [1.54, 1.807) is 25.2 Å². The number of likely N-dealkylation sites (N-methyl/N-ethyl adjacent to an activating group) is 2. The van der Waals surface area contributed by atoms with E-state index in [1.165, 1.54) is 0 Å². The maximum atomic E-state index is 11.3. The van der Waals surface area contributed by atoms with E-state index in [1.807, 2.05) is 11.8 Å². The Hall–Kier alpha value is -1.42. The lowest BCUT2D eigenvalue weighted by Gasteiger charge is -2.23. The molecule has 4 nitrogen and oxygen atoms in total. The van der Waals surface area contributed by atoms with Crippen molar-refractivity contribution in [2.75, 3.05) is 30.8 Å². The summed E-state index contributed by atoms with van der Waals surface area (Å²) in [6, 6.07) is 5.24. The number of carbonyl (C=O) groups excluding carboxylic acids is 1. The molecule has 5 heteroatoms. The number of halogens is 1. The van der Waals surface area contributed by atoms with Crippen molar-refractivity contribution in [3.63, 3.8) is 0 Å². The third-order valence-corrected chi connectivity index (χ3v) is 2.56. The van der Waals surface area contributed by atoms with Gasteiger partial charge in [-0.2, -0.15) is 0 Å². The van der Waals surface area contributed by atoms with Gasteiger partial charge in [-0.3, -0.25) is 4.79 Å². The smallest absolute Gasteiger partial charge is 0.239 e. The summed E-state index contributed by atoms with van der Waals surface area (Å²) >= 11 is 5.91. The first-order chi connectivity index (χ1) is 7.58. The number of nitrogen functional groups attached to an aromatic ring is 1. The van der Waals surface area contributed by atoms with Crippen LogP contribution in [0.5, 0.6) is 0 Å². The lowest BCUT2D eigenvalue weighted by Crippen LogP contribution is -2.35. The van der Waals surface area contributed by atoms with Crippen molar-refractivity contribution in [1.29, 1.82) is 0 Å². The molecule has 16 heavy (non-hydrogen) atoms. The molecule has 1 rings (SSSR count). The fourth-order valence-corrected chi connectivity index (χ4v) is 1.58. The molecule has 1 amide bonds. The molecule has 0 aliphatic rings. The highest BCUT2D eigenvalue weighted by molar-refractivity contribution is 6.31. The molecule has 0 fully saturated rings. The number of amides is 1. The van der Waals surface area contributed by atoms with Gasteiger partial charge in [-0.25, -0.2) is 0 Å². The van der Waals surface area contributed by atoms with Crippen LogP contribution in [0.1, 0.15) is 6.92 Å². The molecule has 0 radical (unpaired) electrons. The number of nitrogens with zero attached hydrogens (tertiary/aromatic N) is 1. The Kier molecular flexibility index (Phi) is 4.43. The largest absolute Gasteiger partial charge is 0.397 e. The zero-order valence-corrected chi connectivity index (χ0v) is 10.2. The number of nitrogens with two attached hydrogens (primary N) is 1. The minimum absolute atomic E-state index is 0.0544. The summed E-state index contributed by atoms with van der Waals surface area (Å²) in [5, 5.41) is 3.19. The Balaban J connectivity index is 2.94. The fraction of sp³-hybridized carbons (Fsp3) is 0.364. The molecule has 0 aliphatic carbocycles. The monoisotopic (exact) mass is 241 g/mol. The van der Waals surface area contributed by atoms with Gasteiger partial charge in [-0.05, 0) is 25.1 Å². The molecule has 1 aromatic carbocycles. The molecule has 3 N–H and O–H groups in total. The van der Waals surface area contributed by atoms with E-state index in [2.05, 4.69) is 5.32 Å². The second-order valence-electron chi connectivity index (χ2n) is 3.39. The molecular formula is C11H16ClN3O. The average Bonchev–Trinajstić information content (AvgIpc) is 2.29. The summed E-state index contributed by atoms with van der Waals surface area (Å²) in [5.74, 6) is -0.0544. The number of anilines is 2. The van der Waals surface area contributed by atoms with Gasteiger partial charge in [0.1, 0.15) is 0 Å². The highest BCUT2D eigenvalue weighted by Crippen LogP contribution is 2.26. The molecule has 0 heterocycles. The van der Waals surface area contributed by atoms with Gasteiger partial charge in [0, 0.05) is 18.6 Å². The fourth-order valence-electron chi connectivity index (χ4n) is 1.41. The standard InChI is InChI=1S/C11H16ClN3O/c1-3-15(7-11(16)14-2)10-6-8(12)4-5-9(10)13/h4-6H,3,7,13H2,1-2H3,(H,14,16). The van der Waals surface area contributed by atoms with Crippen LogP contribution in [0.25, 0.3) is 0 Å². The highest BCUT2D eigenvalue weighted by atomic mass is 35.5. The number of hydrogen-bond acceptors (Lipinski definition) is 3. The summed E-state index contributed by atoms with van der Waals surface area (Å²) < 4.78 is 0. The van der Waals surface area contributed by atoms with Crippen LogP contribution in [0.2, 0.25) is 5.02 Å². The highest BCUT2D eigenvalue weighted by Gasteiger charge is 2.11. The van der Waals surface area contributed by atoms with Crippen LogP contribution in [0.3, 0.4) is 0 Å². The van der Waals surface area contributed by atoms with Crippen molar-refractivity contribution >= 4 is 28.9 Å². The Bertz CT molecular complexity index is 381. The maximum Gasteiger partial charge on any atom is 0.239 e. The lowest BCUT2D eigenvalue weighted by molar-refractivity contribution is -0.119. The van der Waals surface area contributed by atoms with Crippen molar-refractivity contribution in [3.8, 4) is 0 Å². The zero-order valence-electron chi connectivity index (χ0n) is 9.46. The Morgan fingerprint density at radius 3 is 2.81 bits per heavy atom. The molecule has 1 aromatic rings. The third-order valence-electron chi connectivity index (χ3n) is 2.33. The van der Waals surface area contributed by atoms with Crippen molar-refractivity contribution in [2.24, 2.45) is 0 Å². The molecule has 0 aliphatic heterocycles. The van der Waals surface area contributed by atoms with Gasteiger partial charge in [0.05, 0.1) is 17.9 Å². The first kappa shape index (κ1) is 12.6. The first-order valence-corrected chi connectivity index (χ1v) is 5.46. The van der Waals surface area contributed by atoms with E-state index in [9.17, 15) is 4.79 Å². The summed E-state index contributed by atoms with van der Waals surface area (Å²) in [6.07, 6.45) is 0. The van der Waals surface area contributed by atoms with Gasteiger partial charge in [0.2, 0.25) is 5.91 Å². The minimum Gasteiger partial charge on any atom is -0.397 e. The van der Waals surface area contributed by atoms with Crippen molar-refractivity contribution in [2.45, 2.75) is 6.92 Å². The third kappa shape index (κ3) is 3.03. The van der Waals surface area contributed by atoms with Gasteiger partial charge < -0.3 is 16.0 Å². The topological polar surface area (TPSA) is 58.4 Å². The van der Waals surface area contributed by atoms with Crippen LogP contribution in [0.15, 0.2) is 18.2 Å². The molecule has 0 saturated heterocycles. The zero-order chi connectivity index (χ0) is 12.1. The number of hydrogen-bond donors (Lipinski definition) is 2.